The molecular weight excluding hydrogens is 413 g/mol. The van der Waals surface area contributed by atoms with Crippen molar-refractivity contribution >= 4 is 34.5 Å². The second-order valence-electron chi connectivity index (χ2n) is 6.43. The minimum Gasteiger partial charge on any atom is -0.486 e. The molecule has 150 valence electrons. The monoisotopic (exact) mass is 431 g/mol. The Bertz CT molecular complexity index is 981. The van der Waals surface area contributed by atoms with Gasteiger partial charge in [0, 0.05) is 31.6 Å². The van der Waals surface area contributed by atoms with Crippen molar-refractivity contribution in [3.63, 3.8) is 0 Å². The average Bonchev–Trinajstić information content (AvgIpc) is 3.45. The molecule has 6 nitrogen and oxygen atoms in total. The molecule has 1 aliphatic rings. The first-order valence-corrected chi connectivity index (χ1v) is 10.8. The Hall–Kier alpha value is -2.78. The van der Waals surface area contributed by atoms with Gasteiger partial charge in [-0.05, 0) is 35.7 Å². The maximum absolute atomic E-state index is 12.9. The lowest BCUT2D eigenvalue weighted by atomic mass is 10.2. The van der Waals surface area contributed by atoms with Gasteiger partial charge in [0.2, 0.25) is 0 Å². The third-order valence-corrected chi connectivity index (χ3v) is 6.21. The Morgan fingerprint density at radius 3 is 2.34 bits per heavy atom. The van der Waals surface area contributed by atoms with Crippen LogP contribution < -0.4 is 4.74 Å². The summed E-state index contributed by atoms with van der Waals surface area (Å²) < 4.78 is 18.5. The van der Waals surface area contributed by atoms with E-state index in [1.54, 1.807) is 27.3 Å². The molecular formula is C20H18FN3O3S2. The van der Waals surface area contributed by atoms with Gasteiger partial charge in [-0.3, -0.25) is 9.59 Å². The summed E-state index contributed by atoms with van der Waals surface area (Å²) in [6, 6.07) is 9.43. The number of aromatic nitrogens is 1. The van der Waals surface area contributed by atoms with Gasteiger partial charge in [-0.2, -0.15) is 0 Å². The lowest BCUT2D eigenvalue weighted by Gasteiger charge is -2.34. The number of hydrogen-bond acceptors (Lipinski definition) is 6. The fraction of sp³-hybridized carbons (Fsp3) is 0.250. The number of thiazole rings is 1. The molecule has 0 unspecified atom stereocenters. The fourth-order valence-corrected chi connectivity index (χ4v) is 4.35. The summed E-state index contributed by atoms with van der Waals surface area (Å²) >= 11 is 2.77. The number of halogens is 1. The molecule has 9 heteroatoms. The summed E-state index contributed by atoms with van der Waals surface area (Å²) in [6.45, 7) is 2.19. The standard InChI is InChI=1S/C20H18FN3O3S2/c21-14-3-5-15(6-4-14)27-12-18-22-16(13-29-18)19(25)23-7-9-24(10-8-23)20(26)17-2-1-11-28-17/h1-6,11,13H,7-10,12H2. The largest absolute Gasteiger partial charge is 0.486 e. The molecule has 3 aromatic rings. The molecule has 2 amide bonds. The second-order valence-corrected chi connectivity index (χ2v) is 8.32. The van der Waals surface area contributed by atoms with Crippen LogP contribution in [-0.4, -0.2) is 52.8 Å². The van der Waals surface area contributed by atoms with E-state index in [1.807, 2.05) is 17.5 Å². The van der Waals surface area contributed by atoms with Crippen LogP contribution in [0.2, 0.25) is 0 Å². The van der Waals surface area contributed by atoms with Crippen LogP contribution in [0, 0.1) is 5.82 Å². The first kappa shape index (κ1) is 19.5. The third kappa shape index (κ3) is 4.63. The van der Waals surface area contributed by atoms with E-state index in [9.17, 15) is 14.0 Å². The minimum absolute atomic E-state index is 0.0148. The molecule has 0 atom stereocenters. The van der Waals surface area contributed by atoms with Crippen LogP contribution >= 0.6 is 22.7 Å². The lowest BCUT2D eigenvalue weighted by Crippen LogP contribution is -2.50. The van der Waals surface area contributed by atoms with Gasteiger partial charge in [0.15, 0.2) is 0 Å². The number of hydrogen-bond donors (Lipinski definition) is 0. The van der Waals surface area contributed by atoms with E-state index in [-0.39, 0.29) is 24.2 Å². The highest BCUT2D eigenvalue weighted by molar-refractivity contribution is 7.12. The zero-order valence-electron chi connectivity index (χ0n) is 15.4. The second kappa shape index (κ2) is 8.71. The normalized spacial score (nSPS) is 14.1. The molecule has 2 aromatic heterocycles. The summed E-state index contributed by atoms with van der Waals surface area (Å²) in [5.41, 5.74) is 0.380. The van der Waals surface area contributed by atoms with E-state index >= 15 is 0 Å². The first-order valence-electron chi connectivity index (χ1n) is 9.05. The zero-order valence-corrected chi connectivity index (χ0v) is 17.0. The molecule has 0 bridgehead atoms. The summed E-state index contributed by atoms with van der Waals surface area (Å²) in [5, 5.41) is 4.27. The molecule has 29 heavy (non-hydrogen) atoms. The number of ether oxygens (including phenoxy) is 1. The van der Waals surface area contributed by atoms with Crippen molar-refractivity contribution in [1.29, 1.82) is 0 Å². The van der Waals surface area contributed by atoms with Crippen LogP contribution in [0.1, 0.15) is 25.2 Å². The van der Waals surface area contributed by atoms with E-state index in [2.05, 4.69) is 4.98 Å². The van der Waals surface area contributed by atoms with E-state index in [0.717, 1.165) is 4.88 Å². The van der Waals surface area contributed by atoms with Crippen LogP contribution in [-0.2, 0) is 6.61 Å². The molecule has 1 saturated heterocycles. The Labute approximate surface area is 175 Å². The van der Waals surface area contributed by atoms with Gasteiger partial charge < -0.3 is 14.5 Å². The highest BCUT2D eigenvalue weighted by atomic mass is 32.1. The summed E-state index contributed by atoms with van der Waals surface area (Å²) in [5.74, 6) is 0.0937. The molecule has 0 aliphatic carbocycles. The van der Waals surface area contributed by atoms with E-state index in [0.29, 0.717) is 42.6 Å². The summed E-state index contributed by atoms with van der Waals surface area (Å²) in [7, 11) is 0. The van der Waals surface area contributed by atoms with E-state index in [4.69, 9.17) is 4.74 Å². The highest BCUT2D eigenvalue weighted by Crippen LogP contribution is 2.18. The van der Waals surface area contributed by atoms with Crippen molar-refractivity contribution in [3.05, 3.63) is 68.6 Å². The van der Waals surface area contributed by atoms with Crippen molar-refractivity contribution in [2.75, 3.05) is 26.2 Å². The number of carbonyl (C=O) groups excluding carboxylic acids is 2. The molecule has 3 heterocycles. The molecule has 1 aliphatic heterocycles. The molecule has 0 N–H and O–H groups in total. The van der Waals surface area contributed by atoms with Gasteiger partial charge in [-0.15, -0.1) is 22.7 Å². The summed E-state index contributed by atoms with van der Waals surface area (Å²) in [6.07, 6.45) is 0. The zero-order chi connectivity index (χ0) is 20.2. The first-order chi connectivity index (χ1) is 14.1. The van der Waals surface area contributed by atoms with Gasteiger partial charge in [-0.25, -0.2) is 9.37 Å². The smallest absolute Gasteiger partial charge is 0.273 e. The topological polar surface area (TPSA) is 62.7 Å². The van der Waals surface area contributed by atoms with E-state index in [1.165, 1.54) is 34.8 Å². The highest BCUT2D eigenvalue weighted by Gasteiger charge is 2.27. The van der Waals surface area contributed by atoms with Crippen molar-refractivity contribution in [2.45, 2.75) is 6.61 Å². The number of piperazine rings is 1. The Morgan fingerprint density at radius 1 is 1.00 bits per heavy atom. The number of benzene rings is 1. The maximum atomic E-state index is 12.9. The van der Waals surface area contributed by atoms with Gasteiger partial charge in [-0.1, -0.05) is 6.07 Å². The number of nitrogens with zero attached hydrogens (tertiary/aromatic N) is 3. The van der Waals surface area contributed by atoms with Crippen LogP contribution in [0.5, 0.6) is 5.75 Å². The molecule has 0 saturated carbocycles. The predicted octanol–water partition coefficient (Wildman–Crippen LogP) is 3.52. The van der Waals surface area contributed by atoms with Crippen LogP contribution in [0.25, 0.3) is 0 Å². The third-order valence-electron chi connectivity index (χ3n) is 4.53. The number of thiophene rings is 1. The number of amides is 2. The van der Waals surface area contributed by atoms with Crippen LogP contribution in [0.3, 0.4) is 0 Å². The Kier molecular flexibility index (Phi) is 5.86. The molecule has 0 radical (unpaired) electrons. The number of rotatable bonds is 5. The Balaban J connectivity index is 1.30. The quantitative estimate of drug-likeness (QED) is 0.620. The summed E-state index contributed by atoms with van der Waals surface area (Å²) in [4.78, 5) is 33.7. The number of carbonyl (C=O) groups is 2. The average molecular weight is 432 g/mol. The van der Waals surface area contributed by atoms with Crippen LogP contribution in [0.4, 0.5) is 4.39 Å². The van der Waals surface area contributed by atoms with Gasteiger partial charge in [0.05, 0.1) is 4.88 Å². The molecule has 1 aromatic carbocycles. The maximum Gasteiger partial charge on any atom is 0.273 e. The molecule has 1 fully saturated rings. The van der Waals surface area contributed by atoms with Gasteiger partial charge in [0.25, 0.3) is 11.8 Å². The van der Waals surface area contributed by atoms with Crippen molar-refractivity contribution in [1.82, 2.24) is 14.8 Å². The minimum atomic E-state index is -0.323. The molecule has 4 rings (SSSR count). The molecule has 0 spiro atoms. The van der Waals surface area contributed by atoms with E-state index < -0.39 is 0 Å². The SMILES string of the molecule is O=C(c1csc(COc2ccc(F)cc2)n1)N1CCN(C(=O)c2cccs2)CC1. The van der Waals surface area contributed by atoms with Crippen LogP contribution in [0.15, 0.2) is 47.2 Å². The van der Waals surface area contributed by atoms with Gasteiger partial charge in [0.1, 0.15) is 28.9 Å². The lowest BCUT2D eigenvalue weighted by molar-refractivity contribution is 0.0535. The Morgan fingerprint density at radius 2 is 1.69 bits per heavy atom. The van der Waals surface area contributed by atoms with Crippen molar-refractivity contribution in [2.24, 2.45) is 0 Å². The van der Waals surface area contributed by atoms with Gasteiger partial charge >= 0.3 is 0 Å². The van der Waals surface area contributed by atoms with Crippen molar-refractivity contribution < 1.29 is 18.7 Å². The van der Waals surface area contributed by atoms with Crippen molar-refractivity contribution in [3.8, 4) is 5.75 Å². The fourth-order valence-electron chi connectivity index (χ4n) is 2.98. The predicted molar refractivity (Wildman–Crippen MR) is 109 cm³/mol.